The third-order valence-electron chi connectivity index (χ3n) is 2.81. The number of carbonyl (C=O) groups excluding carboxylic acids is 1. The molecule has 2 aromatic carbocycles. The first-order valence-electron chi connectivity index (χ1n) is 6.29. The van der Waals surface area contributed by atoms with Crippen LogP contribution >= 0.6 is 0 Å². The van der Waals surface area contributed by atoms with E-state index in [4.69, 9.17) is 16.2 Å². The summed E-state index contributed by atoms with van der Waals surface area (Å²) >= 11 is 0. The first kappa shape index (κ1) is 13.7. The van der Waals surface area contributed by atoms with Crippen molar-refractivity contribution in [3.05, 3.63) is 42.5 Å². The molecule has 0 fully saturated rings. The summed E-state index contributed by atoms with van der Waals surface area (Å²) in [5, 5.41) is 2.59. The van der Waals surface area contributed by atoms with Crippen LogP contribution in [-0.2, 0) is 4.74 Å². The van der Waals surface area contributed by atoms with E-state index in [1.165, 1.54) is 0 Å². The number of anilines is 3. The molecular weight excluding hydrogens is 254 g/mol. The van der Waals surface area contributed by atoms with E-state index in [-0.39, 0.29) is 0 Å². The van der Waals surface area contributed by atoms with E-state index >= 15 is 0 Å². The highest BCUT2D eigenvalue weighted by atomic mass is 16.5. The maximum atomic E-state index is 11.4. The Kier molecular flexibility index (Phi) is 4.10. The molecule has 5 nitrogen and oxygen atoms in total. The SMILES string of the molecule is CCOC(=O)Nc1ccc(-c2ccc(N)cc2)cc1N. The molecule has 0 saturated carbocycles. The molecule has 5 N–H and O–H groups in total. The van der Waals surface area contributed by atoms with Crippen molar-refractivity contribution in [2.75, 3.05) is 23.4 Å². The maximum Gasteiger partial charge on any atom is 0.411 e. The fourth-order valence-electron chi connectivity index (χ4n) is 1.81. The van der Waals surface area contributed by atoms with Gasteiger partial charge in [0.2, 0.25) is 0 Å². The second-order valence-electron chi connectivity index (χ2n) is 4.27. The van der Waals surface area contributed by atoms with Gasteiger partial charge in [0.05, 0.1) is 18.0 Å². The van der Waals surface area contributed by atoms with Crippen LogP contribution < -0.4 is 16.8 Å². The number of hydrogen-bond acceptors (Lipinski definition) is 4. The van der Waals surface area contributed by atoms with Gasteiger partial charge in [-0.1, -0.05) is 18.2 Å². The van der Waals surface area contributed by atoms with Crippen molar-refractivity contribution < 1.29 is 9.53 Å². The van der Waals surface area contributed by atoms with E-state index in [2.05, 4.69) is 5.32 Å². The standard InChI is InChI=1S/C15H17N3O2/c1-2-20-15(19)18-14-8-5-11(9-13(14)17)10-3-6-12(16)7-4-10/h3-9H,2,16-17H2,1H3,(H,18,19). The van der Waals surface area contributed by atoms with Gasteiger partial charge in [-0.3, -0.25) is 5.32 Å². The van der Waals surface area contributed by atoms with Gasteiger partial charge in [-0.15, -0.1) is 0 Å². The van der Waals surface area contributed by atoms with Gasteiger partial charge >= 0.3 is 6.09 Å². The molecule has 0 aliphatic rings. The molecule has 0 saturated heterocycles. The fraction of sp³-hybridized carbons (Fsp3) is 0.133. The van der Waals surface area contributed by atoms with Crippen molar-refractivity contribution in [3.8, 4) is 11.1 Å². The number of nitrogen functional groups attached to an aromatic ring is 2. The summed E-state index contributed by atoms with van der Waals surface area (Å²) in [7, 11) is 0. The lowest BCUT2D eigenvalue weighted by Crippen LogP contribution is -2.14. The van der Waals surface area contributed by atoms with Crippen molar-refractivity contribution in [2.24, 2.45) is 0 Å². The van der Waals surface area contributed by atoms with Crippen molar-refractivity contribution in [1.82, 2.24) is 0 Å². The smallest absolute Gasteiger partial charge is 0.411 e. The summed E-state index contributed by atoms with van der Waals surface area (Å²) in [6.07, 6.45) is -0.514. The predicted octanol–water partition coefficient (Wildman–Crippen LogP) is 3.09. The van der Waals surface area contributed by atoms with Gasteiger partial charge < -0.3 is 16.2 Å². The van der Waals surface area contributed by atoms with E-state index in [0.717, 1.165) is 11.1 Å². The summed E-state index contributed by atoms with van der Waals surface area (Å²) < 4.78 is 4.81. The molecule has 0 aromatic heterocycles. The van der Waals surface area contributed by atoms with Gasteiger partial charge in [0.15, 0.2) is 0 Å². The van der Waals surface area contributed by atoms with Crippen LogP contribution in [0.2, 0.25) is 0 Å². The minimum absolute atomic E-state index is 0.315. The number of ether oxygens (including phenoxy) is 1. The van der Waals surface area contributed by atoms with E-state index in [1.807, 2.05) is 30.3 Å². The quantitative estimate of drug-likeness (QED) is 0.748. The normalized spacial score (nSPS) is 10.1. The molecule has 0 aliphatic carbocycles. The molecule has 1 amide bonds. The molecule has 0 aliphatic heterocycles. The Balaban J connectivity index is 2.21. The maximum absolute atomic E-state index is 11.4. The van der Waals surface area contributed by atoms with Gasteiger partial charge in [0, 0.05) is 5.69 Å². The monoisotopic (exact) mass is 271 g/mol. The van der Waals surface area contributed by atoms with Gasteiger partial charge in [0.25, 0.3) is 0 Å². The van der Waals surface area contributed by atoms with E-state index in [9.17, 15) is 4.79 Å². The largest absolute Gasteiger partial charge is 0.450 e. The molecule has 0 spiro atoms. The Morgan fingerprint density at radius 1 is 1.10 bits per heavy atom. The zero-order valence-electron chi connectivity index (χ0n) is 11.2. The van der Waals surface area contributed by atoms with Gasteiger partial charge in [-0.05, 0) is 42.3 Å². The van der Waals surface area contributed by atoms with Crippen LogP contribution in [0, 0.1) is 0 Å². The van der Waals surface area contributed by atoms with Crippen LogP contribution in [0.25, 0.3) is 11.1 Å². The molecule has 0 radical (unpaired) electrons. The van der Waals surface area contributed by atoms with E-state index < -0.39 is 6.09 Å². The number of rotatable bonds is 3. The summed E-state index contributed by atoms with van der Waals surface area (Å²) in [4.78, 5) is 11.4. The average molecular weight is 271 g/mol. The van der Waals surface area contributed by atoms with Crippen LogP contribution in [0.3, 0.4) is 0 Å². The lowest BCUT2D eigenvalue weighted by molar-refractivity contribution is 0.168. The number of nitrogens with two attached hydrogens (primary N) is 2. The highest BCUT2D eigenvalue weighted by Gasteiger charge is 2.07. The highest BCUT2D eigenvalue weighted by Crippen LogP contribution is 2.27. The second-order valence-corrected chi connectivity index (χ2v) is 4.27. The van der Waals surface area contributed by atoms with Crippen LogP contribution in [0.1, 0.15) is 6.92 Å². The Morgan fingerprint density at radius 2 is 1.75 bits per heavy atom. The van der Waals surface area contributed by atoms with Crippen molar-refractivity contribution in [2.45, 2.75) is 6.92 Å². The zero-order chi connectivity index (χ0) is 14.5. The molecule has 2 rings (SSSR count). The molecule has 20 heavy (non-hydrogen) atoms. The van der Waals surface area contributed by atoms with Crippen molar-refractivity contribution in [3.63, 3.8) is 0 Å². The minimum Gasteiger partial charge on any atom is -0.450 e. The average Bonchev–Trinajstić information content (AvgIpc) is 2.42. The molecule has 104 valence electrons. The Hall–Kier alpha value is -2.69. The van der Waals surface area contributed by atoms with Crippen LogP contribution in [0.15, 0.2) is 42.5 Å². The number of hydrogen-bond donors (Lipinski definition) is 3. The zero-order valence-corrected chi connectivity index (χ0v) is 11.2. The van der Waals surface area contributed by atoms with Gasteiger partial charge in [0.1, 0.15) is 0 Å². The lowest BCUT2D eigenvalue weighted by atomic mass is 10.0. The molecule has 0 atom stereocenters. The van der Waals surface area contributed by atoms with Gasteiger partial charge in [-0.25, -0.2) is 4.79 Å². The lowest BCUT2D eigenvalue weighted by Gasteiger charge is -2.10. The summed E-state index contributed by atoms with van der Waals surface area (Å²) in [6, 6.07) is 12.9. The van der Waals surface area contributed by atoms with Crippen LogP contribution in [0.5, 0.6) is 0 Å². The summed E-state index contributed by atoms with van der Waals surface area (Å²) in [5.41, 5.74) is 15.3. The first-order chi connectivity index (χ1) is 9.60. The number of amides is 1. The molecule has 2 aromatic rings. The summed E-state index contributed by atoms with van der Waals surface area (Å²) in [5.74, 6) is 0. The third-order valence-corrected chi connectivity index (χ3v) is 2.81. The third kappa shape index (κ3) is 3.20. The Morgan fingerprint density at radius 3 is 2.35 bits per heavy atom. The highest BCUT2D eigenvalue weighted by molar-refractivity contribution is 5.90. The topological polar surface area (TPSA) is 90.4 Å². The molecule has 0 bridgehead atoms. The summed E-state index contributed by atoms with van der Waals surface area (Å²) in [6.45, 7) is 2.06. The van der Waals surface area contributed by atoms with Crippen molar-refractivity contribution in [1.29, 1.82) is 0 Å². The fourth-order valence-corrected chi connectivity index (χ4v) is 1.81. The predicted molar refractivity (Wildman–Crippen MR) is 81.3 cm³/mol. The Bertz CT molecular complexity index is 609. The number of nitrogens with one attached hydrogen (secondary N) is 1. The molecule has 0 heterocycles. The molecular formula is C15H17N3O2. The minimum atomic E-state index is -0.514. The Labute approximate surface area is 117 Å². The van der Waals surface area contributed by atoms with Crippen LogP contribution in [-0.4, -0.2) is 12.7 Å². The molecule has 5 heteroatoms. The van der Waals surface area contributed by atoms with Crippen LogP contribution in [0.4, 0.5) is 21.9 Å². The van der Waals surface area contributed by atoms with E-state index in [1.54, 1.807) is 19.1 Å². The van der Waals surface area contributed by atoms with Gasteiger partial charge in [-0.2, -0.15) is 0 Å². The number of benzene rings is 2. The molecule has 0 unspecified atom stereocenters. The first-order valence-corrected chi connectivity index (χ1v) is 6.29. The van der Waals surface area contributed by atoms with Crippen molar-refractivity contribution >= 4 is 23.2 Å². The second kappa shape index (κ2) is 5.97. The number of carbonyl (C=O) groups is 1. The van der Waals surface area contributed by atoms with E-state index in [0.29, 0.717) is 23.7 Å².